The molecule has 75 heavy (non-hydrogen) atoms. The zero-order chi connectivity index (χ0) is 51.6. The number of fused-ring (bicyclic) bond motifs is 2. The summed E-state index contributed by atoms with van der Waals surface area (Å²) in [5.74, 6) is 1.27. The van der Waals surface area contributed by atoms with Gasteiger partial charge in [0.25, 0.3) is 0 Å². The van der Waals surface area contributed by atoms with E-state index in [1.165, 1.54) is 0 Å². The monoisotopic (exact) mass is 1030 g/mol. The van der Waals surface area contributed by atoms with Crippen molar-refractivity contribution in [2.75, 3.05) is 10.6 Å². The topological polar surface area (TPSA) is 220 Å². The number of rotatable bonds is 13. The van der Waals surface area contributed by atoms with Crippen LogP contribution in [-0.2, 0) is 31.9 Å². The van der Waals surface area contributed by atoms with E-state index in [1.54, 1.807) is 57.1 Å². The van der Waals surface area contributed by atoms with Crippen molar-refractivity contribution < 1.29 is 9.53 Å². The molecule has 0 radical (unpaired) electrons. The second-order valence-electron chi connectivity index (χ2n) is 18.3. The van der Waals surface area contributed by atoms with Crippen LogP contribution < -0.4 is 21.7 Å². The van der Waals surface area contributed by atoms with Gasteiger partial charge < -0.3 is 35.6 Å². The van der Waals surface area contributed by atoms with Crippen LogP contribution in [0.3, 0.4) is 0 Å². The quantitative estimate of drug-likeness (QED) is 0.0846. The second-order valence-corrected chi connectivity index (χ2v) is 20.2. The van der Waals surface area contributed by atoms with Crippen molar-refractivity contribution >= 4 is 63.1 Å². The number of thiophene rings is 2. The van der Waals surface area contributed by atoms with Gasteiger partial charge in [-0.05, 0) is 103 Å². The van der Waals surface area contributed by atoms with E-state index in [4.69, 9.17) is 30.4 Å². The highest BCUT2D eigenvalue weighted by Crippen LogP contribution is 2.35. The van der Waals surface area contributed by atoms with E-state index in [-0.39, 0.29) is 0 Å². The Balaban J connectivity index is 0.000000163. The Kier molecular flexibility index (Phi) is 13.0. The van der Waals surface area contributed by atoms with Crippen molar-refractivity contribution in [2.24, 2.45) is 19.8 Å². The molecule has 0 bridgehead atoms. The molecule has 22 heteroatoms. The van der Waals surface area contributed by atoms with Gasteiger partial charge in [0.1, 0.15) is 5.60 Å². The predicted molar refractivity (Wildman–Crippen MR) is 292 cm³/mol. The maximum absolute atomic E-state index is 12.3. The minimum absolute atomic E-state index is 0.311. The van der Waals surface area contributed by atoms with Gasteiger partial charge in [0.2, 0.25) is 0 Å². The highest BCUT2D eigenvalue weighted by atomic mass is 32.1. The van der Waals surface area contributed by atoms with Gasteiger partial charge in [-0.3, -0.25) is 18.2 Å². The van der Waals surface area contributed by atoms with Crippen LogP contribution in [0, 0.1) is 0 Å². The third-order valence-corrected chi connectivity index (χ3v) is 13.8. The Morgan fingerprint density at radius 2 is 1.12 bits per heavy atom. The van der Waals surface area contributed by atoms with Gasteiger partial charge in [-0.25, -0.2) is 34.7 Å². The van der Waals surface area contributed by atoms with Crippen LogP contribution in [0.5, 0.6) is 0 Å². The number of aromatic nitrogens is 14. The fourth-order valence-electron chi connectivity index (χ4n) is 8.33. The number of nitrogens with zero attached hydrogens (tertiary/aromatic N) is 14. The van der Waals surface area contributed by atoms with E-state index in [0.717, 1.165) is 83.2 Å². The Bertz CT molecular complexity index is 3890. The first-order valence-electron chi connectivity index (χ1n) is 23.7. The highest BCUT2D eigenvalue weighted by Gasteiger charge is 2.21. The molecule has 10 aromatic heterocycles. The summed E-state index contributed by atoms with van der Waals surface area (Å²) in [7, 11) is 3.79. The molecule has 0 unspecified atom stereocenters. The molecular weight excluding hydrogens is 985 g/mol. The summed E-state index contributed by atoms with van der Waals surface area (Å²) in [4.78, 5) is 41.9. The van der Waals surface area contributed by atoms with Crippen LogP contribution in [0.25, 0.3) is 66.3 Å². The molecule has 0 aliphatic carbocycles. The molecule has 0 fully saturated rings. The third kappa shape index (κ3) is 10.4. The lowest BCUT2D eigenvalue weighted by molar-refractivity contribution is 0.0523. The highest BCUT2D eigenvalue weighted by molar-refractivity contribution is 7.14. The maximum atomic E-state index is 12.3. The van der Waals surface area contributed by atoms with Gasteiger partial charge in [0.15, 0.2) is 22.9 Å². The Hall–Kier alpha value is -9.25. The number of hydrogen-bond donors (Lipinski definition) is 4. The number of benzene rings is 2. The minimum Gasteiger partial charge on any atom is -0.444 e. The molecular formula is C53H50N18O2S2. The lowest BCUT2D eigenvalue weighted by Gasteiger charge is -2.19. The molecule has 12 rings (SSSR count). The summed E-state index contributed by atoms with van der Waals surface area (Å²) < 4.78 is 16.9. The summed E-state index contributed by atoms with van der Waals surface area (Å²) in [6.45, 7) is 6.28. The zero-order valence-electron chi connectivity index (χ0n) is 41.4. The predicted octanol–water partition coefficient (Wildman–Crippen LogP) is 10.1. The summed E-state index contributed by atoms with van der Waals surface area (Å²) in [6, 6.07) is 20.1. The molecule has 12 aromatic rings. The first-order chi connectivity index (χ1) is 36.4. The van der Waals surface area contributed by atoms with Crippen molar-refractivity contribution in [3.8, 4) is 55.0 Å². The van der Waals surface area contributed by atoms with E-state index >= 15 is 0 Å². The smallest absolute Gasteiger partial charge is 0.407 e. The van der Waals surface area contributed by atoms with E-state index in [2.05, 4.69) is 40.5 Å². The molecule has 0 spiro atoms. The van der Waals surface area contributed by atoms with Gasteiger partial charge in [-0.2, -0.15) is 10.2 Å². The molecule has 20 nitrogen and oxygen atoms in total. The molecule has 10 heterocycles. The van der Waals surface area contributed by atoms with E-state index in [9.17, 15) is 4.79 Å². The van der Waals surface area contributed by atoms with Crippen LogP contribution in [0.4, 0.5) is 27.8 Å². The number of anilines is 4. The number of carbonyl (C=O) groups excluding carboxylic acids is 1. The fourth-order valence-corrected chi connectivity index (χ4v) is 10.1. The second kappa shape index (κ2) is 20.3. The summed E-state index contributed by atoms with van der Waals surface area (Å²) in [5, 5.41) is 22.5. The maximum Gasteiger partial charge on any atom is 0.407 e. The average Bonchev–Trinajstić information content (AvgIpc) is 4.26. The van der Waals surface area contributed by atoms with Gasteiger partial charge in [0, 0.05) is 111 Å². The normalized spacial score (nSPS) is 11.5. The number of imidazole rings is 4. The zero-order valence-corrected chi connectivity index (χ0v) is 43.0. The number of nitrogens with two attached hydrogens (primary N) is 1. The SMILES string of the molecule is Cn1cc(-c2cnc3c(Nc4ccc(-n5ccnc5)cc4)nc(-c4sccc4CN)cn23)cn1.Cn1cc(-c2cnc3c(Nc4ccc(-n5ccnc5)cc4)nc(-c4sccc4CNC(=O)OC(C)(C)C)cn23)cn1. The number of nitrogens with one attached hydrogen (secondary N) is 3. The number of alkyl carbamates (subject to hydrolysis) is 1. The molecule has 0 saturated heterocycles. The largest absolute Gasteiger partial charge is 0.444 e. The number of aryl methyl sites for hydroxylation is 2. The van der Waals surface area contributed by atoms with Crippen LogP contribution >= 0.6 is 22.7 Å². The van der Waals surface area contributed by atoms with E-state index < -0.39 is 11.7 Å². The Labute approximate surface area is 437 Å². The van der Waals surface area contributed by atoms with Gasteiger partial charge in [0.05, 0.1) is 70.0 Å². The number of hydrogen-bond acceptors (Lipinski definition) is 15. The first-order valence-corrected chi connectivity index (χ1v) is 25.4. The molecule has 0 saturated carbocycles. The molecule has 5 N–H and O–H groups in total. The van der Waals surface area contributed by atoms with Crippen LogP contribution in [0.15, 0.2) is 158 Å². The lowest BCUT2D eigenvalue weighted by Crippen LogP contribution is -2.32. The standard InChI is InChI=1S/C29H29N9O2S.C24H21N9S/c1-29(2,3)40-28(39)32-13-19-9-12-41-25(19)23-17-38-24(20-14-33-36(4)16-20)15-31-27(38)26(35-23)34-21-5-7-22(8-6-21)37-11-10-30-18-37;1-31-13-17(11-28-31)21-12-27-24-23(29-18-2-4-19(5-3-18)32-8-7-26-15-32)30-20(14-33(21)24)22-16(10-25)6-9-34-22/h5-12,14-18H,13H2,1-4H3,(H,32,39)(H,34,35);2-9,11-15H,10,25H2,1H3,(H,29,30). The van der Waals surface area contributed by atoms with Crippen molar-refractivity contribution in [3.05, 3.63) is 170 Å². The Morgan fingerprint density at radius 1 is 0.640 bits per heavy atom. The minimum atomic E-state index is -0.574. The van der Waals surface area contributed by atoms with Crippen LogP contribution in [0.1, 0.15) is 31.9 Å². The van der Waals surface area contributed by atoms with Crippen molar-refractivity contribution in [2.45, 2.75) is 39.5 Å². The number of amides is 1. The van der Waals surface area contributed by atoms with Gasteiger partial charge in [-0.1, -0.05) is 0 Å². The summed E-state index contributed by atoms with van der Waals surface area (Å²) in [5.41, 5.74) is 18.0. The van der Waals surface area contributed by atoms with Crippen molar-refractivity contribution in [3.63, 3.8) is 0 Å². The molecule has 0 aliphatic rings. The van der Waals surface area contributed by atoms with Gasteiger partial charge in [-0.15, -0.1) is 22.7 Å². The molecule has 376 valence electrons. The average molecular weight is 1040 g/mol. The number of ether oxygens (including phenoxy) is 1. The first kappa shape index (κ1) is 48.0. The van der Waals surface area contributed by atoms with E-state index in [0.29, 0.717) is 30.4 Å². The van der Waals surface area contributed by atoms with Crippen LogP contribution in [0.2, 0.25) is 0 Å². The van der Waals surface area contributed by atoms with Gasteiger partial charge >= 0.3 is 6.09 Å². The molecule has 0 aliphatic heterocycles. The number of carbonyl (C=O) groups is 1. The summed E-state index contributed by atoms with van der Waals surface area (Å²) in [6.07, 6.45) is 25.6. The van der Waals surface area contributed by atoms with Crippen molar-refractivity contribution in [1.29, 1.82) is 0 Å². The lowest BCUT2D eigenvalue weighted by atomic mass is 10.2. The molecule has 2 aromatic carbocycles. The summed E-state index contributed by atoms with van der Waals surface area (Å²) >= 11 is 3.19. The Morgan fingerprint density at radius 3 is 1.55 bits per heavy atom. The molecule has 0 atom stereocenters. The van der Waals surface area contributed by atoms with Crippen LogP contribution in [-0.4, -0.2) is 79.1 Å². The third-order valence-electron chi connectivity index (χ3n) is 11.9. The molecule has 1 amide bonds. The fraction of sp³-hybridized carbons (Fsp3) is 0.151. The van der Waals surface area contributed by atoms with Crippen molar-refractivity contribution in [1.82, 2.24) is 72.7 Å². The van der Waals surface area contributed by atoms with E-state index in [1.807, 2.05) is 182 Å².